The fourth-order valence-corrected chi connectivity index (χ4v) is 2.73. The Bertz CT molecular complexity index is 876. The number of amides is 1. The third-order valence-electron chi connectivity index (χ3n) is 4.40. The zero-order valence-corrected chi connectivity index (χ0v) is 14.4. The lowest BCUT2D eigenvalue weighted by Crippen LogP contribution is -2.39. The summed E-state index contributed by atoms with van der Waals surface area (Å²) in [6.07, 6.45) is 0. The van der Waals surface area contributed by atoms with Crippen molar-refractivity contribution in [3.63, 3.8) is 0 Å². The van der Waals surface area contributed by atoms with Crippen molar-refractivity contribution in [2.75, 3.05) is 12.4 Å². The molecule has 0 aromatic heterocycles. The Balaban J connectivity index is 1.65. The predicted octanol–water partition coefficient (Wildman–Crippen LogP) is 4.44. The molecular formula is C21H21FN2O. The van der Waals surface area contributed by atoms with Gasteiger partial charge in [-0.15, -0.1) is 0 Å². The summed E-state index contributed by atoms with van der Waals surface area (Å²) in [5, 5.41) is 5.20. The van der Waals surface area contributed by atoms with Crippen LogP contribution in [-0.2, 0) is 11.3 Å². The molecule has 1 unspecified atom stereocenters. The van der Waals surface area contributed by atoms with Crippen molar-refractivity contribution in [2.24, 2.45) is 0 Å². The number of fused-ring (bicyclic) bond motifs is 1. The molecule has 3 nitrogen and oxygen atoms in total. The second kappa shape index (κ2) is 7.45. The summed E-state index contributed by atoms with van der Waals surface area (Å²) in [4.78, 5) is 14.5. The van der Waals surface area contributed by atoms with Crippen molar-refractivity contribution in [3.05, 3.63) is 78.1 Å². The van der Waals surface area contributed by atoms with Crippen molar-refractivity contribution < 1.29 is 9.18 Å². The molecule has 0 spiro atoms. The molecule has 25 heavy (non-hydrogen) atoms. The lowest BCUT2D eigenvalue weighted by molar-refractivity contribution is -0.120. The van der Waals surface area contributed by atoms with E-state index in [1.807, 2.05) is 61.3 Å². The summed E-state index contributed by atoms with van der Waals surface area (Å²) in [7, 11) is 1.88. The normalized spacial score (nSPS) is 12.3. The third kappa shape index (κ3) is 4.22. The average Bonchev–Trinajstić information content (AvgIpc) is 2.62. The topological polar surface area (TPSA) is 32.3 Å². The molecule has 0 saturated carbocycles. The highest BCUT2D eigenvalue weighted by Gasteiger charge is 2.18. The van der Waals surface area contributed by atoms with Crippen LogP contribution in [0.4, 0.5) is 10.1 Å². The van der Waals surface area contributed by atoms with Crippen LogP contribution < -0.4 is 5.32 Å². The Kier molecular flexibility index (Phi) is 5.10. The number of rotatable bonds is 5. The van der Waals surface area contributed by atoms with E-state index in [1.165, 1.54) is 12.1 Å². The maximum absolute atomic E-state index is 13.0. The van der Waals surface area contributed by atoms with Gasteiger partial charge in [-0.2, -0.15) is 0 Å². The van der Waals surface area contributed by atoms with Crippen molar-refractivity contribution in [3.8, 4) is 0 Å². The van der Waals surface area contributed by atoms with Crippen molar-refractivity contribution in [2.45, 2.75) is 19.5 Å². The molecule has 1 atom stereocenters. The third-order valence-corrected chi connectivity index (χ3v) is 4.40. The lowest BCUT2D eigenvalue weighted by Gasteiger charge is -2.24. The van der Waals surface area contributed by atoms with Crippen LogP contribution in [0.2, 0.25) is 0 Å². The van der Waals surface area contributed by atoms with Crippen LogP contribution >= 0.6 is 0 Å². The number of halogens is 1. The maximum atomic E-state index is 13.0. The first-order chi connectivity index (χ1) is 12.0. The Morgan fingerprint density at radius 3 is 2.44 bits per heavy atom. The highest BCUT2D eigenvalue weighted by Crippen LogP contribution is 2.19. The van der Waals surface area contributed by atoms with E-state index >= 15 is 0 Å². The number of carbonyl (C=O) groups is 1. The van der Waals surface area contributed by atoms with Crippen molar-refractivity contribution >= 4 is 22.4 Å². The van der Waals surface area contributed by atoms with Gasteiger partial charge in [0, 0.05) is 12.2 Å². The van der Waals surface area contributed by atoms with Crippen LogP contribution in [0, 0.1) is 5.82 Å². The Morgan fingerprint density at radius 1 is 1.04 bits per heavy atom. The van der Waals surface area contributed by atoms with Gasteiger partial charge in [0.15, 0.2) is 0 Å². The number of benzene rings is 3. The molecule has 1 N–H and O–H groups in total. The van der Waals surface area contributed by atoms with E-state index in [-0.39, 0.29) is 17.8 Å². The lowest BCUT2D eigenvalue weighted by atomic mass is 10.1. The standard InChI is InChI=1S/C21H21FN2O/c1-15(24(2)14-16-7-10-19(22)11-8-16)21(25)23-20-12-9-17-5-3-4-6-18(17)13-20/h3-13,15H,14H2,1-2H3,(H,23,25). The first kappa shape index (κ1) is 17.1. The second-order valence-corrected chi connectivity index (χ2v) is 6.27. The van der Waals surface area contributed by atoms with E-state index in [4.69, 9.17) is 0 Å². The van der Waals surface area contributed by atoms with Gasteiger partial charge in [0.05, 0.1) is 6.04 Å². The molecule has 3 aromatic carbocycles. The molecule has 0 fully saturated rings. The first-order valence-corrected chi connectivity index (χ1v) is 8.27. The van der Waals surface area contributed by atoms with Gasteiger partial charge < -0.3 is 5.32 Å². The van der Waals surface area contributed by atoms with E-state index in [0.717, 1.165) is 22.0 Å². The summed E-state index contributed by atoms with van der Waals surface area (Å²) < 4.78 is 13.0. The van der Waals surface area contributed by atoms with Crippen LogP contribution in [0.25, 0.3) is 10.8 Å². The number of hydrogen-bond donors (Lipinski definition) is 1. The van der Waals surface area contributed by atoms with Gasteiger partial charge in [0.25, 0.3) is 0 Å². The smallest absolute Gasteiger partial charge is 0.241 e. The van der Waals surface area contributed by atoms with Crippen LogP contribution in [0.1, 0.15) is 12.5 Å². The minimum atomic E-state index is -0.309. The number of hydrogen-bond acceptors (Lipinski definition) is 2. The first-order valence-electron chi connectivity index (χ1n) is 8.27. The summed E-state index contributed by atoms with van der Waals surface area (Å²) in [5.41, 5.74) is 1.75. The fraction of sp³-hybridized carbons (Fsp3) is 0.190. The number of nitrogens with one attached hydrogen (secondary N) is 1. The molecule has 3 aromatic rings. The van der Waals surface area contributed by atoms with Gasteiger partial charge in [0.2, 0.25) is 5.91 Å². The molecule has 1 amide bonds. The van der Waals surface area contributed by atoms with E-state index in [0.29, 0.717) is 6.54 Å². The molecule has 0 saturated heterocycles. The summed E-state index contributed by atoms with van der Waals surface area (Å²) in [5.74, 6) is -0.326. The average molecular weight is 336 g/mol. The molecule has 3 rings (SSSR count). The quantitative estimate of drug-likeness (QED) is 0.747. The van der Waals surface area contributed by atoms with Crippen molar-refractivity contribution in [1.82, 2.24) is 4.90 Å². The summed E-state index contributed by atoms with van der Waals surface area (Å²) in [6, 6.07) is 19.9. The van der Waals surface area contributed by atoms with Gasteiger partial charge >= 0.3 is 0 Å². The van der Waals surface area contributed by atoms with Gasteiger partial charge in [0.1, 0.15) is 5.82 Å². The number of anilines is 1. The zero-order valence-electron chi connectivity index (χ0n) is 14.4. The maximum Gasteiger partial charge on any atom is 0.241 e. The van der Waals surface area contributed by atoms with Gasteiger partial charge in [-0.25, -0.2) is 4.39 Å². The molecule has 0 aliphatic rings. The number of nitrogens with zero attached hydrogens (tertiary/aromatic N) is 1. The summed E-state index contributed by atoms with van der Waals surface area (Å²) >= 11 is 0. The Labute approximate surface area is 147 Å². The number of likely N-dealkylation sites (N-methyl/N-ethyl adjacent to an activating group) is 1. The van der Waals surface area contributed by atoms with Gasteiger partial charge in [-0.1, -0.05) is 42.5 Å². The van der Waals surface area contributed by atoms with E-state index in [2.05, 4.69) is 5.32 Å². The summed E-state index contributed by atoms with van der Waals surface area (Å²) in [6.45, 7) is 2.44. The molecule has 0 aliphatic carbocycles. The van der Waals surface area contributed by atoms with Gasteiger partial charge in [-0.05, 0) is 54.6 Å². The molecular weight excluding hydrogens is 315 g/mol. The molecule has 0 aliphatic heterocycles. The zero-order chi connectivity index (χ0) is 17.8. The van der Waals surface area contributed by atoms with Crippen LogP contribution in [-0.4, -0.2) is 23.9 Å². The molecule has 4 heteroatoms. The Hall–Kier alpha value is -2.72. The fourth-order valence-electron chi connectivity index (χ4n) is 2.73. The van der Waals surface area contributed by atoms with E-state index in [9.17, 15) is 9.18 Å². The largest absolute Gasteiger partial charge is 0.325 e. The Morgan fingerprint density at radius 2 is 1.72 bits per heavy atom. The highest BCUT2D eigenvalue weighted by atomic mass is 19.1. The van der Waals surface area contributed by atoms with Crippen LogP contribution in [0.3, 0.4) is 0 Å². The van der Waals surface area contributed by atoms with E-state index in [1.54, 1.807) is 12.1 Å². The SMILES string of the molecule is CC(C(=O)Nc1ccc2ccccc2c1)N(C)Cc1ccc(F)cc1. The van der Waals surface area contributed by atoms with Gasteiger partial charge in [-0.3, -0.25) is 9.69 Å². The molecule has 0 bridgehead atoms. The minimum Gasteiger partial charge on any atom is -0.325 e. The molecule has 0 heterocycles. The van der Waals surface area contributed by atoms with Crippen LogP contribution in [0.15, 0.2) is 66.7 Å². The second-order valence-electron chi connectivity index (χ2n) is 6.27. The minimum absolute atomic E-state index is 0.0695. The predicted molar refractivity (Wildman–Crippen MR) is 99.9 cm³/mol. The number of carbonyl (C=O) groups excluding carboxylic acids is 1. The molecule has 128 valence electrons. The monoisotopic (exact) mass is 336 g/mol. The van der Waals surface area contributed by atoms with E-state index < -0.39 is 0 Å². The van der Waals surface area contributed by atoms with Crippen molar-refractivity contribution in [1.29, 1.82) is 0 Å². The van der Waals surface area contributed by atoms with Crippen LogP contribution in [0.5, 0.6) is 0 Å². The molecule has 0 radical (unpaired) electrons. The highest BCUT2D eigenvalue weighted by molar-refractivity contribution is 5.97.